The fourth-order valence-electron chi connectivity index (χ4n) is 3.94. The highest BCUT2D eigenvalue weighted by molar-refractivity contribution is 6.01. The van der Waals surface area contributed by atoms with Gasteiger partial charge >= 0.3 is 0 Å². The highest BCUT2D eigenvalue weighted by Crippen LogP contribution is 2.33. The van der Waals surface area contributed by atoms with Crippen LogP contribution < -0.4 is 0 Å². The SMILES string of the molecule is O=C1N(C(CO)c2ccccc2)C=NC1(Cc1ccccc1)Cc1ccccc1. The summed E-state index contributed by atoms with van der Waals surface area (Å²) in [5, 5.41) is 10.1. The number of nitrogens with zero attached hydrogens (tertiary/aromatic N) is 2. The second-order valence-corrected chi connectivity index (χ2v) is 7.42. The average molecular weight is 384 g/mol. The van der Waals surface area contributed by atoms with E-state index in [-0.39, 0.29) is 12.5 Å². The third-order valence-electron chi connectivity index (χ3n) is 5.43. The van der Waals surface area contributed by atoms with Crippen molar-refractivity contribution in [1.82, 2.24) is 4.90 Å². The van der Waals surface area contributed by atoms with Crippen molar-refractivity contribution in [3.8, 4) is 0 Å². The highest BCUT2D eigenvalue weighted by Gasteiger charge is 2.46. The lowest BCUT2D eigenvalue weighted by Gasteiger charge is -2.30. The maximum Gasteiger partial charge on any atom is 0.257 e. The van der Waals surface area contributed by atoms with Crippen molar-refractivity contribution in [2.75, 3.05) is 6.61 Å². The smallest absolute Gasteiger partial charge is 0.257 e. The minimum Gasteiger partial charge on any atom is -0.394 e. The van der Waals surface area contributed by atoms with Crippen LogP contribution in [0.2, 0.25) is 0 Å². The van der Waals surface area contributed by atoms with E-state index in [4.69, 9.17) is 4.99 Å². The van der Waals surface area contributed by atoms with Crippen LogP contribution in [0.25, 0.3) is 0 Å². The maximum absolute atomic E-state index is 13.7. The first-order valence-corrected chi connectivity index (χ1v) is 9.84. The summed E-state index contributed by atoms with van der Waals surface area (Å²) in [6.07, 6.45) is 2.64. The third-order valence-corrected chi connectivity index (χ3v) is 5.43. The van der Waals surface area contributed by atoms with Crippen molar-refractivity contribution in [3.63, 3.8) is 0 Å². The number of hydrogen-bond donors (Lipinski definition) is 1. The molecule has 1 N–H and O–H groups in total. The lowest BCUT2D eigenvalue weighted by Crippen LogP contribution is -2.46. The quantitative estimate of drug-likeness (QED) is 0.673. The molecule has 0 fully saturated rings. The zero-order chi connectivity index (χ0) is 20.1. The molecule has 1 aliphatic rings. The van der Waals surface area contributed by atoms with E-state index >= 15 is 0 Å². The Kier molecular flexibility index (Phi) is 5.54. The maximum atomic E-state index is 13.7. The predicted octanol–water partition coefficient (Wildman–Crippen LogP) is 3.81. The highest BCUT2D eigenvalue weighted by atomic mass is 16.3. The van der Waals surface area contributed by atoms with E-state index in [0.29, 0.717) is 12.8 Å². The summed E-state index contributed by atoms with van der Waals surface area (Å²) in [5.41, 5.74) is 2.11. The van der Waals surface area contributed by atoms with Gasteiger partial charge in [-0.05, 0) is 16.7 Å². The summed E-state index contributed by atoms with van der Waals surface area (Å²) in [7, 11) is 0. The average Bonchev–Trinajstić information content (AvgIpc) is 3.07. The Balaban J connectivity index is 1.68. The lowest BCUT2D eigenvalue weighted by atomic mass is 9.84. The van der Waals surface area contributed by atoms with Crippen LogP contribution in [-0.2, 0) is 17.6 Å². The van der Waals surface area contributed by atoms with E-state index in [9.17, 15) is 9.90 Å². The number of hydrogen-bond acceptors (Lipinski definition) is 3. The van der Waals surface area contributed by atoms with Gasteiger partial charge in [0.25, 0.3) is 5.91 Å². The number of benzene rings is 3. The van der Waals surface area contributed by atoms with Gasteiger partial charge < -0.3 is 5.11 Å². The normalized spacial score (nSPS) is 16.2. The van der Waals surface area contributed by atoms with Gasteiger partial charge in [0.2, 0.25) is 0 Å². The molecule has 0 radical (unpaired) electrons. The molecule has 1 aliphatic heterocycles. The molecule has 1 unspecified atom stereocenters. The molecule has 4 rings (SSSR count). The van der Waals surface area contributed by atoms with Gasteiger partial charge in [0.15, 0.2) is 0 Å². The third kappa shape index (κ3) is 3.98. The van der Waals surface area contributed by atoms with Gasteiger partial charge in [-0.3, -0.25) is 14.7 Å². The first-order chi connectivity index (χ1) is 14.2. The van der Waals surface area contributed by atoms with Crippen LogP contribution in [0.4, 0.5) is 0 Å². The minimum absolute atomic E-state index is 0.0758. The Labute approximate surface area is 171 Å². The van der Waals surface area contributed by atoms with Crippen molar-refractivity contribution >= 4 is 12.2 Å². The van der Waals surface area contributed by atoms with Crippen LogP contribution in [0.5, 0.6) is 0 Å². The molecule has 0 saturated heterocycles. The van der Waals surface area contributed by atoms with Crippen molar-refractivity contribution in [2.24, 2.45) is 4.99 Å². The topological polar surface area (TPSA) is 52.9 Å². The minimum atomic E-state index is -0.912. The number of amides is 1. The van der Waals surface area contributed by atoms with E-state index in [0.717, 1.165) is 16.7 Å². The Morgan fingerprint density at radius 2 is 1.28 bits per heavy atom. The van der Waals surface area contributed by atoms with Crippen LogP contribution in [0, 0.1) is 0 Å². The molecule has 146 valence electrons. The number of aliphatic imine (C=N–C) groups is 1. The largest absolute Gasteiger partial charge is 0.394 e. The Morgan fingerprint density at radius 1 is 0.793 bits per heavy atom. The summed E-state index contributed by atoms with van der Waals surface area (Å²) in [6.45, 7) is -0.158. The van der Waals surface area contributed by atoms with Gasteiger partial charge in [-0.1, -0.05) is 91.0 Å². The van der Waals surface area contributed by atoms with Crippen LogP contribution in [0.3, 0.4) is 0 Å². The molecule has 0 bridgehead atoms. The first kappa shape index (κ1) is 19.1. The van der Waals surface area contributed by atoms with Gasteiger partial charge in [-0.25, -0.2) is 0 Å². The molecule has 1 atom stereocenters. The summed E-state index contributed by atoms with van der Waals surface area (Å²) in [5.74, 6) is -0.0758. The van der Waals surface area contributed by atoms with Gasteiger partial charge in [0.1, 0.15) is 5.54 Å². The van der Waals surface area contributed by atoms with Crippen LogP contribution in [0.15, 0.2) is 96.0 Å². The summed E-state index contributed by atoms with van der Waals surface area (Å²) >= 11 is 0. The first-order valence-electron chi connectivity index (χ1n) is 9.84. The van der Waals surface area contributed by atoms with Gasteiger partial charge in [-0.2, -0.15) is 0 Å². The Morgan fingerprint density at radius 3 is 1.76 bits per heavy atom. The molecule has 3 aromatic rings. The summed E-state index contributed by atoms with van der Waals surface area (Å²) in [6, 6.07) is 29.1. The van der Waals surface area contributed by atoms with E-state index in [1.165, 1.54) is 0 Å². The van der Waals surface area contributed by atoms with Crippen LogP contribution >= 0.6 is 0 Å². The fourth-order valence-corrected chi connectivity index (χ4v) is 3.94. The van der Waals surface area contributed by atoms with E-state index < -0.39 is 11.6 Å². The molecule has 4 heteroatoms. The number of aliphatic hydroxyl groups is 1. The van der Waals surface area contributed by atoms with Crippen LogP contribution in [0.1, 0.15) is 22.7 Å². The second kappa shape index (κ2) is 8.41. The summed E-state index contributed by atoms with van der Waals surface area (Å²) in [4.78, 5) is 20.1. The molecular formula is C25H24N2O2. The Hall–Kier alpha value is -3.24. The zero-order valence-corrected chi connectivity index (χ0v) is 16.2. The second-order valence-electron chi connectivity index (χ2n) is 7.42. The number of rotatable bonds is 7. The molecule has 29 heavy (non-hydrogen) atoms. The number of carbonyl (C=O) groups is 1. The van der Waals surface area contributed by atoms with Gasteiger partial charge in [-0.15, -0.1) is 0 Å². The lowest BCUT2D eigenvalue weighted by molar-refractivity contribution is -0.133. The predicted molar refractivity (Wildman–Crippen MR) is 115 cm³/mol. The molecule has 3 aromatic carbocycles. The molecule has 0 aliphatic carbocycles. The van der Waals surface area contributed by atoms with E-state index in [1.807, 2.05) is 91.0 Å². The monoisotopic (exact) mass is 384 g/mol. The number of carbonyl (C=O) groups excluding carboxylic acids is 1. The van der Waals surface area contributed by atoms with Crippen molar-refractivity contribution < 1.29 is 9.90 Å². The summed E-state index contributed by atoms with van der Waals surface area (Å²) < 4.78 is 0. The van der Waals surface area contributed by atoms with Gasteiger partial charge in [0.05, 0.1) is 19.0 Å². The molecule has 0 saturated carbocycles. The van der Waals surface area contributed by atoms with Crippen molar-refractivity contribution in [3.05, 3.63) is 108 Å². The zero-order valence-electron chi connectivity index (χ0n) is 16.2. The molecule has 1 amide bonds. The van der Waals surface area contributed by atoms with Crippen molar-refractivity contribution in [2.45, 2.75) is 24.4 Å². The van der Waals surface area contributed by atoms with Crippen LogP contribution in [-0.4, -0.2) is 34.4 Å². The molecule has 0 aromatic heterocycles. The molecular weight excluding hydrogens is 360 g/mol. The van der Waals surface area contributed by atoms with Crippen molar-refractivity contribution in [1.29, 1.82) is 0 Å². The Bertz CT molecular complexity index is 930. The molecule has 1 heterocycles. The van der Waals surface area contributed by atoms with E-state index in [2.05, 4.69) is 0 Å². The van der Waals surface area contributed by atoms with E-state index in [1.54, 1.807) is 11.2 Å². The fraction of sp³-hybridized carbons (Fsp3) is 0.200. The molecule has 0 spiro atoms. The molecule has 4 nitrogen and oxygen atoms in total. The number of aliphatic hydroxyl groups excluding tert-OH is 1. The standard InChI is InChI=1S/C25H24N2O2/c28-18-23(22-14-8-3-9-15-22)27-19-26-25(24(27)29,16-20-10-4-1-5-11-20)17-21-12-6-2-7-13-21/h1-15,19,23,28H,16-18H2. The van der Waals surface area contributed by atoms with Gasteiger partial charge in [0, 0.05) is 12.8 Å².